The standard InChI is InChI=1S/C25H27N3O6/c1-16-5-2-3-7-20(16)28(18(15-29)13-17-9-10-26-24(17)31)22(30)14-27-25(32)19-6-4-8-21-23(19)34-12-11-33-21/h2-8,15,17-18H,9-14H2,1H3,(H,26,31)(H,27,32)/t17-,18-/m0/s1. The molecule has 0 saturated carbocycles. The maximum absolute atomic E-state index is 13.4. The summed E-state index contributed by atoms with van der Waals surface area (Å²) in [4.78, 5) is 51.8. The summed E-state index contributed by atoms with van der Waals surface area (Å²) in [5.41, 5.74) is 1.63. The van der Waals surface area contributed by atoms with Gasteiger partial charge in [0.2, 0.25) is 11.8 Å². The van der Waals surface area contributed by atoms with Crippen LogP contribution in [0.25, 0.3) is 0 Å². The van der Waals surface area contributed by atoms with E-state index in [0.29, 0.717) is 49.7 Å². The highest BCUT2D eigenvalue weighted by molar-refractivity contribution is 6.04. The van der Waals surface area contributed by atoms with E-state index in [1.807, 2.05) is 19.1 Å². The van der Waals surface area contributed by atoms with Crippen LogP contribution in [0, 0.1) is 12.8 Å². The van der Waals surface area contributed by atoms with Crippen LogP contribution in [0.4, 0.5) is 5.69 Å². The van der Waals surface area contributed by atoms with E-state index < -0.39 is 17.9 Å². The lowest BCUT2D eigenvalue weighted by Crippen LogP contribution is -2.48. The van der Waals surface area contributed by atoms with Gasteiger partial charge in [0.15, 0.2) is 11.5 Å². The van der Waals surface area contributed by atoms with Gasteiger partial charge in [-0.15, -0.1) is 0 Å². The Labute approximate surface area is 197 Å². The topological polar surface area (TPSA) is 114 Å². The van der Waals surface area contributed by atoms with Gasteiger partial charge in [-0.3, -0.25) is 14.4 Å². The second kappa shape index (κ2) is 10.4. The Hall–Kier alpha value is -3.88. The van der Waals surface area contributed by atoms with Gasteiger partial charge in [-0.05, 0) is 43.5 Å². The predicted octanol–water partition coefficient (Wildman–Crippen LogP) is 1.62. The third-order valence-electron chi connectivity index (χ3n) is 6.03. The normalized spacial score (nSPS) is 17.4. The summed E-state index contributed by atoms with van der Waals surface area (Å²) < 4.78 is 11.1. The van der Waals surface area contributed by atoms with Gasteiger partial charge >= 0.3 is 0 Å². The summed E-state index contributed by atoms with van der Waals surface area (Å²) in [7, 11) is 0. The van der Waals surface area contributed by atoms with Gasteiger partial charge in [0.1, 0.15) is 19.5 Å². The van der Waals surface area contributed by atoms with Crippen molar-refractivity contribution in [3.8, 4) is 11.5 Å². The average molecular weight is 466 g/mol. The fourth-order valence-electron chi connectivity index (χ4n) is 4.30. The van der Waals surface area contributed by atoms with Gasteiger partial charge < -0.3 is 29.8 Å². The fourth-order valence-corrected chi connectivity index (χ4v) is 4.30. The maximum atomic E-state index is 13.4. The number of nitrogens with one attached hydrogen (secondary N) is 2. The van der Waals surface area contributed by atoms with Gasteiger partial charge in [-0.1, -0.05) is 24.3 Å². The molecule has 0 radical (unpaired) electrons. The molecule has 1 fully saturated rings. The predicted molar refractivity (Wildman–Crippen MR) is 124 cm³/mol. The molecule has 9 nitrogen and oxygen atoms in total. The molecule has 0 unspecified atom stereocenters. The molecule has 2 aromatic rings. The van der Waals surface area contributed by atoms with Gasteiger partial charge in [0.25, 0.3) is 5.91 Å². The molecule has 0 aromatic heterocycles. The Morgan fingerprint density at radius 1 is 1.18 bits per heavy atom. The highest BCUT2D eigenvalue weighted by Crippen LogP contribution is 2.33. The van der Waals surface area contributed by atoms with E-state index in [2.05, 4.69) is 10.6 Å². The van der Waals surface area contributed by atoms with Crippen LogP contribution in [-0.4, -0.2) is 56.4 Å². The molecular weight excluding hydrogens is 438 g/mol. The van der Waals surface area contributed by atoms with Crippen molar-refractivity contribution in [2.24, 2.45) is 5.92 Å². The van der Waals surface area contributed by atoms with Crippen LogP contribution in [0.15, 0.2) is 42.5 Å². The number of aryl methyl sites for hydroxylation is 1. The molecule has 2 heterocycles. The van der Waals surface area contributed by atoms with Crippen molar-refractivity contribution in [1.82, 2.24) is 10.6 Å². The third-order valence-corrected chi connectivity index (χ3v) is 6.03. The first-order valence-corrected chi connectivity index (χ1v) is 11.3. The highest BCUT2D eigenvalue weighted by Gasteiger charge is 2.33. The Morgan fingerprint density at radius 2 is 1.97 bits per heavy atom. The lowest BCUT2D eigenvalue weighted by atomic mass is 9.97. The quantitative estimate of drug-likeness (QED) is 0.573. The summed E-state index contributed by atoms with van der Waals surface area (Å²) in [6.07, 6.45) is 1.51. The highest BCUT2D eigenvalue weighted by atomic mass is 16.6. The summed E-state index contributed by atoms with van der Waals surface area (Å²) in [6, 6.07) is 11.3. The molecule has 2 aromatic carbocycles. The number of nitrogens with zero attached hydrogens (tertiary/aromatic N) is 1. The van der Waals surface area contributed by atoms with Gasteiger partial charge in [0.05, 0.1) is 18.2 Å². The Balaban J connectivity index is 1.54. The number of aldehydes is 1. The van der Waals surface area contributed by atoms with E-state index in [1.54, 1.807) is 30.3 Å². The van der Waals surface area contributed by atoms with E-state index in [1.165, 1.54) is 4.90 Å². The molecule has 178 valence electrons. The molecule has 2 aliphatic heterocycles. The minimum atomic E-state index is -0.847. The number of carbonyl (C=O) groups excluding carboxylic acids is 4. The first kappa shape index (κ1) is 23.3. The van der Waals surface area contributed by atoms with Crippen LogP contribution in [0.3, 0.4) is 0 Å². The largest absolute Gasteiger partial charge is 0.486 e. The summed E-state index contributed by atoms with van der Waals surface area (Å²) in [5.74, 6) is -0.598. The second-order valence-electron chi connectivity index (χ2n) is 8.28. The smallest absolute Gasteiger partial charge is 0.255 e. The zero-order valence-electron chi connectivity index (χ0n) is 18.9. The molecule has 34 heavy (non-hydrogen) atoms. The van der Waals surface area contributed by atoms with Crippen molar-refractivity contribution in [3.63, 3.8) is 0 Å². The Bertz CT molecular complexity index is 1100. The molecule has 4 rings (SSSR count). The molecule has 2 N–H and O–H groups in total. The number of anilines is 1. The van der Waals surface area contributed by atoms with E-state index >= 15 is 0 Å². The lowest BCUT2D eigenvalue weighted by molar-refractivity contribution is -0.124. The monoisotopic (exact) mass is 465 g/mol. The molecular formula is C25H27N3O6. The molecule has 2 aliphatic rings. The van der Waals surface area contributed by atoms with Crippen molar-refractivity contribution in [3.05, 3.63) is 53.6 Å². The van der Waals surface area contributed by atoms with Gasteiger partial charge in [0, 0.05) is 18.2 Å². The first-order valence-electron chi connectivity index (χ1n) is 11.3. The molecule has 0 bridgehead atoms. The summed E-state index contributed by atoms with van der Waals surface area (Å²) in [6.45, 7) is 2.78. The SMILES string of the molecule is Cc1ccccc1N(C(=O)CNC(=O)c1cccc2c1OCCO2)[C@H](C=O)C[C@@H]1CCNC1=O. The number of hydrogen-bond acceptors (Lipinski definition) is 6. The third kappa shape index (κ3) is 4.88. The van der Waals surface area contributed by atoms with E-state index in [0.717, 1.165) is 5.56 Å². The fraction of sp³-hybridized carbons (Fsp3) is 0.360. The van der Waals surface area contributed by atoms with Crippen LogP contribution in [0.2, 0.25) is 0 Å². The number of hydrogen-bond donors (Lipinski definition) is 2. The molecule has 9 heteroatoms. The summed E-state index contributed by atoms with van der Waals surface area (Å²) in [5, 5.41) is 5.40. The second-order valence-corrected chi connectivity index (χ2v) is 8.28. The van der Waals surface area contributed by atoms with Crippen molar-refractivity contribution in [1.29, 1.82) is 0 Å². The number of rotatable bonds is 8. The van der Waals surface area contributed by atoms with E-state index in [9.17, 15) is 19.2 Å². The van der Waals surface area contributed by atoms with Crippen LogP contribution in [0.1, 0.15) is 28.8 Å². The van der Waals surface area contributed by atoms with Crippen LogP contribution >= 0.6 is 0 Å². The van der Waals surface area contributed by atoms with Crippen molar-refractivity contribution in [2.45, 2.75) is 25.8 Å². The zero-order valence-corrected chi connectivity index (χ0v) is 18.9. The number of fused-ring (bicyclic) bond motifs is 1. The molecule has 3 amide bonds. The Morgan fingerprint density at radius 3 is 2.71 bits per heavy atom. The molecule has 0 spiro atoms. The van der Waals surface area contributed by atoms with Crippen molar-refractivity contribution < 1.29 is 28.7 Å². The molecule has 0 aliphatic carbocycles. The van der Waals surface area contributed by atoms with Gasteiger partial charge in [-0.2, -0.15) is 0 Å². The number of para-hydroxylation sites is 2. The van der Waals surface area contributed by atoms with Crippen LogP contribution < -0.4 is 25.0 Å². The van der Waals surface area contributed by atoms with E-state index in [-0.39, 0.29) is 30.4 Å². The van der Waals surface area contributed by atoms with Gasteiger partial charge in [-0.25, -0.2) is 0 Å². The molecule has 1 saturated heterocycles. The molecule has 2 atom stereocenters. The number of amides is 3. The van der Waals surface area contributed by atoms with Crippen molar-refractivity contribution in [2.75, 3.05) is 31.2 Å². The number of benzene rings is 2. The average Bonchev–Trinajstić information content (AvgIpc) is 3.26. The number of carbonyl (C=O) groups is 4. The van der Waals surface area contributed by atoms with E-state index in [4.69, 9.17) is 9.47 Å². The number of ether oxygens (including phenoxy) is 2. The first-order chi connectivity index (χ1) is 16.5. The minimum absolute atomic E-state index is 0.117. The van der Waals surface area contributed by atoms with Crippen molar-refractivity contribution >= 4 is 29.7 Å². The zero-order chi connectivity index (χ0) is 24.1. The minimum Gasteiger partial charge on any atom is -0.486 e. The summed E-state index contributed by atoms with van der Waals surface area (Å²) >= 11 is 0. The lowest BCUT2D eigenvalue weighted by Gasteiger charge is -2.31. The van der Waals surface area contributed by atoms with Crippen LogP contribution in [-0.2, 0) is 14.4 Å². The van der Waals surface area contributed by atoms with Crippen LogP contribution in [0.5, 0.6) is 11.5 Å². The Kier molecular flexibility index (Phi) is 7.10. The maximum Gasteiger partial charge on any atom is 0.255 e.